The van der Waals surface area contributed by atoms with Crippen LogP contribution in [0.4, 0.5) is 0 Å². The van der Waals surface area contributed by atoms with Gasteiger partial charge in [0.05, 0.1) is 39.9 Å². The first-order chi connectivity index (χ1) is 30.5. The number of rotatable bonds is 48. The maximum Gasteiger partial charge on any atom is 0.472 e. The number of aliphatic hydroxyl groups excluding tert-OH is 1. The van der Waals surface area contributed by atoms with Gasteiger partial charge in [0.15, 0.2) is 0 Å². The van der Waals surface area contributed by atoms with Crippen LogP contribution in [-0.2, 0) is 18.4 Å². The summed E-state index contributed by atoms with van der Waals surface area (Å²) in [4.78, 5) is 23.3. The summed E-state index contributed by atoms with van der Waals surface area (Å²) in [6.45, 7) is 4.77. The van der Waals surface area contributed by atoms with Crippen molar-refractivity contribution in [3.63, 3.8) is 0 Å². The summed E-state index contributed by atoms with van der Waals surface area (Å²) >= 11 is 0. The third-order valence-corrected chi connectivity index (χ3v) is 12.8. The van der Waals surface area contributed by atoms with Crippen molar-refractivity contribution in [2.75, 3.05) is 40.9 Å². The Morgan fingerprint density at radius 3 is 1.40 bits per heavy atom. The van der Waals surface area contributed by atoms with Crippen LogP contribution in [0.15, 0.2) is 48.6 Å². The number of amides is 1. The van der Waals surface area contributed by atoms with Crippen molar-refractivity contribution in [1.29, 1.82) is 0 Å². The zero-order valence-corrected chi connectivity index (χ0v) is 43.0. The van der Waals surface area contributed by atoms with Gasteiger partial charge in [-0.25, -0.2) is 4.57 Å². The number of unbranched alkanes of at least 4 members (excludes halogenated alkanes) is 27. The van der Waals surface area contributed by atoms with Gasteiger partial charge in [-0.05, 0) is 51.4 Å². The van der Waals surface area contributed by atoms with Crippen LogP contribution >= 0.6 is 7.82 Å². The minimum atomic E-state index is -4.33. The molecule has 0 aliphatic heterocycles. The summed E-state index contributed by atoms with van der Waals surface area (Å²) in [6, 6.07) is -0.775. The summed E-state index contributed by atoms with van der Waals surface area (Å²) in [5, 5.41) is 14.0. The summed E-state index contributed by atoms with van der Waals surface area (Å²) < 4.78 is 23.7. The molecule has 0 aromatic rings. The maximum atomic E-state index is 12.9. The van der Waals surface area contributed by atoms with Gasteiger partial charge >= 0.3 is 7.82 Å². The minimum Gasteiger partial charge on any atom is -0.391 e. The number of nitrogens with one attached hydrogen (secondary N) is 1. The van der Waals surface area contributed by atoms with E-state index in [0.29, 0.717) is 23.9 Å². The number of phosphoric acid groups is 1. The number of hydrogen-bond acceptors (Lipinski definition) is 5. The second-order valence-corrected chi connectivity index (χ2v) is 20.7. The van der Waals surface area contributed by atoms with Crippen LogP contribution in [0, 0.1) is 0 Å². The molecule has 0 aliphatic carbocycles. The predicted molar refractivity (Wildman–Crippen MR) is 272 cm³/mol. The number of quaternary nitrogens is 1. The Labute approximate surface area is 390 Å². The van der Waals surface area contributed by atoms with Crippen LogP contribution in [0.5, 0.6) is 0 Å². The Morgan fingerprint density at radius 2 is 0.952 bits per heavy atom. The van der Waals surface area contributed by atoms with Gasteiger partial charge in [-0.2, -0.15) is 0 Å². The molecule has 0 bridgehead atoms. The normalized spacial score (nSPS) is 14.5. The fraction of sp³-hybridized carbons (Fsp3) is 0.833. The molecule has 0 fully saturated rings. The monoisotopic (exact) mass is 908 g/mol. The average Bonchev–Trinajstić information content (AvgIpc) is 3.24. The maximum absolute atomic E-state index is 12.9. The third kappa shape index (κ3) is 48.2. The fourth-order valence-corrected chi connectivity index (χ4v) is 8.42. The molecule has 9 heteroatoms. The van der Waals surface area contributed by atoms with E-state index in [2.05, 4.69) is 67.8 Å². The lowest BCUT2D eigenvalue weighted by Gasteiger charge is -2.26. The van der Waals surface area contributed by atoms with E-state index in [9.17, 15) is 19.4 Å². The van der Waals surface area contributed by atoms with Crippen LogP contribution in [-0.4, -0.2) is 73.4 Å². The lowest BCUT2D eigenvalue weighted by atomic mass is 10.0. The molecule has 3 atom stereocenters. The van der Waals surface area contributed by atoms with E-state index in [1.165, 1.54) is 135 Å². The molecule has 1 amide bonds. The Kier molecular flexibility index (Phi) is 44.5. The lowest BCUT2D eigenvalue weighted by molar-refractivity contribution is -0.870. The van der Waals surface area contributed by atoms with Gasteiger partial charge in [-0.1, -0.05) is 229 Å². The first kappa shape index (κ1) is 61.5. The first-order valence-corrected chi connectivity index (χ1v) is 28.0. The zero-order chi connectivity index (χ0) is 46.4. The number of hydrogen-bond donors (Lipinski definition) is 3. The quantitative estimate of drug-likeness (QED) is 0.0243. The summed E-state index contributed by atoms with van der Waals surface area (Å²) in [5.41, 5.74) is 0. The first-order valence-electron chi connectivity index (χ1n) is 26.5. The summed E-state index contributed by atoms with van der Waals surface area (Å²) in [5.74, 6) is -0.167. The molecule has 0 rings (SSSR count). The Bertz CT molecular complexity index is 1170. The number of phosphoric ester groups is 1. The van der Waals surface area contributed by atoms with Gasteiger partial charge < -0.3 is 19.8 Å². The standard InChI is InChI=1S/C54H103N2O6P/c1-6-8-10-12-14-16-18-20-22-24-25-26-27-28-29-30-32-33-35-37-39-41-43-45-47-53(57)52(51-62-63(59,60)61-50-49-56(3,4)5)55-54(58)48-46-44-42-40-38-36-34-31-23-21-19-17-15-13-11-9-7-2/h9,11,15,17,21,23,34,36,52-53,57H,6-8,10,12-14,16,18-20,22,24-33,35,37-51H2,1-5H3,(H-,55,58,59,60)/p+1/b11-9-,17-15-,23-21-,36-34-. The molecule has 0 saturated heterocycles. The van der Waals surface area contributed by atoms with Crippen molar-refractivity contribution in [3.8, 4) is 0 Å². The number of nitrogens with zero attached hydrogens (tertiary/aromatic N) is 1. The van der Waals surface area contributed by atoms with Crippen molar-refractivity contribution < 1.29 is 32.9 Å². The SMILES string of the molecule is CC/C=C\C/C=C\C/C=C\C/C=C\CCCCCCC(=O)NC(COP(=O)(O)OCC[N+](C)(C)C)C(O)CCCCCCCCCCCCCCCCCCCCCCCCCC. The predicted octanol–water partition coefficient (Wildman–Crippen LogP) is 15.6. The number of aliphatic hydroxyl groups is 1. The highest BCUT2D eigenvalue weighted by Gasteiger charge is 2.28. The molecule has 63 heavy (non-hydrogen) atoms. The van der Waals surface area contributed by atoms with Gasteiger partial charge in [-0.15, -0.1) is 0 Å². The van der Waals surface area contributed by atoms with Gasteiger partial charge in [0, 0.05) is 6.42 Å². The Balaban J connectivity index is 4.24. The Hall–Kier alpha value is -1.54. The van der Waals surface area contributed by atoms with E-state index in [4.69, 9.17) is 9.05 Å². The molecule has 0 radical (unpaired) electrons. The van der Waals surface area contributed by atoms with Crippen molar-refractivity contribution >= 4 is 13.7 Å². The topological polar surface area (TPSA) is 105 Å². The largest absolute Gasteiger partial charge is 0.472 e. The molecule has 0 heterocycles. The third-order valence-electron chi connectivity index (χ3n) is 11.8. The molecule has 8 nitrogen and oxygen atoms in total. The smallest absolute Gasteiger partial charge is 0.391 e. The van der Waals surface area contributed by atoms with E-state index >= 15 is 0 Å². The van der Waals surface area contributed by atoms with Crippen molar-refractivity contribution in [3.05, 3.63) is 48.6 Å². The van der Waals surface area contributed by atoms with Gasteiger partial charge in [0.2, 0.25) is 5.91 Å². The van der Waals surface area contributed by atoms with Gasteiger partial charge in [0.25, 0.3) is 0 Å². The van der Waals surface area contributed by atoms with Crippen LogP contribution < -0.4 is 5.32 Å². The highest BCUT2D eigenvalue weighted by Crippen LogP contribution is 2.43. The number of carbonyl (C=O) groups excluding carboxylic acids is 1. The lowest BCUT2D eigenvalue weighted by Crippen LogP contribution is -2.46. The van der Waals surface area contributed by atoms with Crippen LogP contribution in [0.3, 0.4) is 0 Å². The molecule has 0 aromatic heterocycles. The van der Waals surface area contributed by atoms with Crippen molar-refractivity contribution in [1.82, 2.24) is 5.32 Å². The molecule has 0 aliphatic rings. The van der Waals surface area contributed by atoms with Gasteiger partial charge in [0.1, 0.15) is 13.2 Å². The highest BCUT2D eigenvalue weighted by molar-refractivity contribution is 7.47. The zero-order valence-electron chi connectivity index (χ0n) is 42.1. The number of likely N-dealkylation sites (N-methyl/N-ethyl adjacent to an activating group) is 1. The number of allylic oxidation sites excluding steroid dienone is 8. The molecule has 3 unspecified atom stereocenters. The molecule has 0 saturated carbocycles. The van der Waals surface area contributed by atoms with Gasteiger partial charge in [-0.3, -0.25) is 13.8 Å². The van der Waals surface area contributed by atoms with E-state index < -0.39 is 20.0 Å². The highest BCUT2D eigenvalue weighted by atomic mass is 31.2. The minimum absolute atomic E-state index is 0.0681. The van der Waals surface area contributed by atoms with Crippen LogP contribution in [0.1, 0.15) is 239 Å². The summed E-state index contributed by atoms with van der Waals surface area (Å²) in [6.07, 6.45) is 58.7. The summed E-state index contributed by atoms with van der Waals surface area (Å²) in [7, 11) is 1.60. The van der Waals surface area contributed by atoms with E-state index in [0.717, 1.165) is 77.0 Å². The van der Waals surface area contributed by atoms with Crippen LogP contribution in [0.2, 0.25) is 0 Å². The molecular formula is C54H104N2O6P+. The van der Waals surface area contributed by atoms with Crippen molar-refractivity contribution in [2.45, 2.75) is 251 Å². The second kappa shape index (κ2) is 45.6. The van der Waals surface area contributed by atoms with Crippen molar-refractivity contribution in [2.24, 2.45) is 0 Å². The fourth-order valence-electron chi connectivity index (χ4n) is 7.69. The molecule has 370 valence electrons. The Morgan fingerprint density at radius 1 is 0.556 bits per heavy atom. The van der Waals surface area contributed by atoms with Crippen LogP contribution in [0.25, 0.3) is 0 Å². The average molecular weight is 908 g/mol. The number of carbonyl (C=O) groups is 1. The van der Waals surface area contributed by atoms with E-state index in [1.54, 1.807) is 0 Å². The molecule has 3 N–H and O–H groups in total. The molecule has 0 spiro atoms. The van der Waals surface area contributed by atoms with E-state index in [-0.39, 0.29) is 19.1 Å². The molecular weight excluding hydrogens is 804 g/mol. The second-order valence-electron chi connectivity index (χ2n) is 19.2. The van der Waals surface area contributed by atoms with E-state index in [1.807, 2.05) is 21.1 Å². The molecule has 0 aromatic carbocycles.